The van der Waals surface area contributed by atoms with Crippen LogP contribution in [0.15, 0.2) is 24.4 Å². The molecule has 0 aliphatic heterocycles. The molecule has 0 radical (unpaired) electrons. The smallest absolute Gasteiger partial charge is 0.407 e. The Morgan fingerprint density at radius 1 is 1.26 bits per heavy atom. The van der Waals surface area contributed by atoms with Crippen molar-refractivity contribution in [3.05, 3.63) is 46.5 Å². The molecule has 2 aromatic rings. The molecular weight excluding hydrogens is 376 g/mol. The summed E-state index contributed by atoms with van der Waals surface area (Å²) in [6.07, 6.45) is 1.26. The van der Waals surface area contributed by atoms with Crippen molar-refractivity contribution in [2.24, 2.45) is 5.92 Å². The number of rotatable bonds is 7. The number of alkyl carbamates (subject to hydrolysis) is 1. The summed E-state index contributed by atoms with van der Waals surface area (Å²) in [7, 11) is 0. The Hall–Kier alpha value is -2.55. The van der Waals surface area contributed by atoms with Gasteiger partial charge in [-0.2, -0.15) is 0 Å². The van der Waals surface area contributed by atoms with Crippen molar-refractivity contribution >= 4 is 28.5 Å². The normalized spacial score (nSPS) is 11.9. The molecule has 0 bridgehead atoms. The summed E-state index contributed by atoms with van der Waals surface area (Å²) in [5.74, 6) is -2.37. The highest BCUT2D eigenvalue weighted by Crippen LogP contribution is 2.22. The number of anilines is 1. The molecular formula is C18H21F2N3O3S. The average molecular weight is 397 g/mol. The van der Waals surface area contributed by atoms with E-state index in [1.54, 1.807) is 27.0 Å². The van der Waals surface area contributed by atoms with Crippen molar-refractivity contribution in [3.63, 3.8) is 0 Å². The van der Waals surface area contributed by atoms with Crippen LogP contribution in [0.2, 0.25) is 0 Å². The van der Waals surface area contributed by atoms with Gasteiger partial charge < -0.3 is 15.4 Å². The number of nitrogens with one attached hydrogen (secondary N) is 2. The molecule has 0 saturated heterocycles. The predicted molar refractivity (Wildman–Crippen MR) is 98.7 cm³/mol. The Balaban J connectivity index is 2.01. The summed E-state index contributed by atoms with van der Waals surface area (Å²) in [6, 6.07) is 2.92. The van der Waals surface area contributed by atoms with E-state index >= 15 is 0 Å². The Labute approximate surface area is 160 Å². The number of thiazole rings is 1. The summed E-state index contributed by atoms with van der Waals surface area (Å²) < 4.78 is 31.1. The van der Waals surface area contributed by atoms with Crippen molar-refractivity contribution in [1.82, 2.24) is 10.3 Å². The predicted octanol–water partition coefficient (Wildman–Crippen LogP) is 3.72. The fourth-order valence-corrected chi connectivity index (χ4v) is 3.17. The average Bonchev–Trinajstić information content (AvgIpc) is 3.02. The molecule has 1 heterocycles. The summed E-state index contributed by atoms with van der Waals surface area (Å²) in [4.78, 5) is 28.9. The lowest BCUT2D eigenvalue weighted by Gasteiger charge is -2.20. The molecule has 1 atom stereocenters. The van der Waals surface area contributed by atoms with Gasteiger partial charge >= 0.3 is 6.09 Å². The van der Waals surface area contributed by atoms with E-state index in [0.717, 1.165) is 17.0 Å². The molecule has 146 valence electrons. The van der Waals surface area contributed by atoms with Gasteiger partial charge in [-0.1, -0.05) is 19.9 Å². The van der Waals surface area contributed by atoms with Crippen LogP contribution in [-0.4, -0.2) is 29.6 Å². The highest BCUT2D eigenvalue weighted by Gasteiger charge is 2.25. The number of halogens is 2. The van der Waals surface area contributed by atoms with E-state index in [-0.39, 0.29) is 12.5 Å². The number of hydrogen-bond acceptors (Lipinski definition) is 5. The molecule has 0 spiro atoms. The number of amides is 2. The van der Waals surface area contributed by atoms with Crippen molar-refractivity contribution in [2.75, 3.05) is 11.9 Å². The van der Waals surface area contributed by atoms with E-state index in [2.05, 4.69) is 15.6 Å². The second-order valence-electron chi connectivity index (χ2n) is 6.13. The standard InChI is InChI=1S/C18H21F2N3O3S/c1-4-26-18(25)22-15(10(2)3)16(24)23-17-21-9-12(27-17)7-11-5-6-13(19)14(20)8-11/h5-6,8-10,15H,4,7H2,1-3H3,(H,22,25)(H,21,23,24). The van der Waals surface area contributed by atoms with Crippen molar-refractivity contribution < 1.29 is 23.1 Å². The van der Waals surface area contributed by atoms with Crippen LogP contribution < -0.4 is 10.6 Å². The molecule has 2 N–H and O–H groups in total. The number of ether oxygens (including phenoxy) is 1. The quantitative estimate of drug-likeness (QED) is 0.746. The van der Waals surface area contributed by atoms with E-state index in [1.165, 1.54) is 17.4 Å². The highest BCUT2D eigenvalue weighted by molar-refractivity contribution is 7.15. The SMILES string of the molecule is CCOC(=O)NC(C(=O)Nc1ncc(Cc2ccc(F)c(F)c2)s1)C(C)C. The van der Waals surface area contributed by atoms with Gasteiger partial charge in [0.2, 0.25) is 5.91 Å². The molecule has 0 fully saturated rings. The minimum absolute atomic E-state index is 0.156. The fourth-order valence-electron chi connectivity index (χ4n) is 2.32. The highest BCUT2D eigenvalue weighted by atomic mass is 32.1. The van der Waals surface area contributed by atoms with Gasteiger partial charge in [0.05, 0.1) is 6.61 Å². The molecule has 27 heavy (non-hydrogen) atoms. The second-order valence-corrected chi connectivity index (χ2v) is 7.25. The van der Waals surface area contributed by atoms with Crippen LogP contribution in [-0.2, 0) is 16.0 Å². The first kappa shape index (κ1) is 20.8. The third-order valence-corrected chi connectivity index (χ3v) is 4.56. The van der Waals surface area contributed by atoms with Gasteiger partial charge in [0.15, 0.2) is 16.8 Å². The number of benzene rings is 1. The molecule has 0 saturated carbocycles. The molecule has 1 unspecified atom stereocenters. The van der Waals surface area contributed by atoms with E-state index in [9.17, 15) is 18.4 Å². The maximum Gasteiger partial charge on any atom is 0.407 e. The monoisotopic (exact) mass is 397 g/mol. The fraction of sp³-hybridized carbons (Fsp3) is 0.389. The first-order chi connectivity index (χ1) is 12.8. The Kier molecular flexibility index (Phi) is 7.23. The third-order valence-electron chi connectivity index (χ3n) is 3.64. The largest absolute Gasteiger partial charge is 0.450 e. The van der Waals surface area contributed by atoms with Crippen LogP contribution in [0.3, 0.4) is 0 Å². The minimum Gasteiger partial charge on any atom is -0.450 e. The van der Waals surface area contributed by atoms with E-state index in [1.807, 2.05) is 0 Å². The van der Waals surface area contributed by atoms with E-state index < -0.39 is 29.7 Å². The number of carbonyl (C=O) groups excluding carboxylic acids is 2. The van der Waals surface area contributed by atoms with Gasteiger partial charge in [-0.25, -0.2) is 18.6 Å². The summed E-state index contributed by atoms with van der Waals surface area (Å²) in [6.45, 7) is 5.48. The zero-order valence-electron chi connectivity index (χ0n) is 15.2. The van der Waals surface area contributed by atoms with Crippen LogP contribution >= 0.6 is 11.3 Å². The first-order valence-corrected chi connectivity index (χ1v) is 9.24. The molecule has 6 nitrogen and oxygen atoms in total. The topological polar surface area (TPSA) is 80.3 Å². The Morgan fingerprint density at radius 2 is 2.00 bits per heavy atom. The van der Waals surface area contributed by atoms with E-state index in [4.69, 9.17) is 4.74 Å². The van der Waals surface area contributed by atoms with Crippen molar-refractivity contribution in [2.45, 2.75) is 33.2 Å². The molecule has 1 aromatic heterocycles. The Morgan fingerprint density at radius 3 is 2.63 bits per heavy atom. The summed E-state index contributed by atoms with van der Waals surface area (Å²) in [5.41, 5.74) is 0.597. The van der Waals surface area contributed by atoms with Crippen molar-refractivity contribution in [3.8, 4) is 0 Å². The zero-order valence-corrected chi connectivity index (χ0v) is 16.0. The molecule has 2 amide bonds. The first-order valence-electron chi connectivity index (χ1n) is 8.43. The number of aromatic nitrogens is 1. The lowest BCUT2D eigenvalue weighted by molar-refractivity contribution is -0.119. The van der Waals surface area contributed by atoms with Gasteiger partial charge in [0.1, 0.15) is 6.04 Å². The second kappa shape index (κ2) is 9.40. The number of carbonyl (C=O) groups is 2. The Bertz CT molecular complexity index is 811. The van der Waals surface area contributed by atoms with Gasteiger partial charge in [-0.05, 0) is 30.5 Å². The van der Waals surface area contributed by atoms with Crippen LogP contribution in [0.5, 0.6) is 0 Å². The van der Waals surface area contributed by atoms with Crippen LogP contribution in [0.1, 0.15) is 31.2 Å². The van der Waals surface area contributed by atoms with E-state index in [0.29, 0.717) is 17.1 Å². The van der Waals surface area contributed by atoms with Crippen LogP contribution in [0.4, 0.5) is 18.7 Å². The third kappa shape index (κ3) is 5.99. The summed E-state index contributed by atoms with van der Waals surface area (Å²) in [5, 5.41) is 5.54. The molecule has 2 rings (SSSR count). The lowest BCUT2D eigenvalue weighted by Crippen LogP contribution is -2.47. The van der Waals surface area contributed by atoms with Gasteiger partial charge in [0.25, 0.3) is 0 Å². The van der Waals surface area contributed by atoms with Crippen molar-refractivity contribution in [1.29, 1.82) is 0 Å². The van der Waals surface area contributed by atoms with Gasteiger partial charge in [-0.15, -0.1) is 11.3 Å². The zero-order chi connectivity index (χ0) is 20.0. The maximum absolute atomic E-state index is 13.3. The molecule has 1 aromatic carbocycles. The lowest BCUT2D eigenvalue weighted by atomic mass is 10.0. The molecule has 0 aliphatic carbocycles. The maximum atomic E-state index is 13.3. The van der Waals surface area contributed by atoms with Crippen LogP contribution in [0, 0.1) is 17.6 Å². The molecule has 9 heteroatoms. The number of hydrogen-bond donors (Lipinski definition) is 2. The van der Waals surface area contributed by atoms with Gasteiger partial charge in [0, 0.05) is 17.5 Å². The molecule has 0 aliphatic rings. The van der Waals surface area contributed by atoms with Crippen LogP contribution in [0.25, 0.3) is 0 Å². The van der Waals surface area contributed by atoms with Gasteiger partial charge in [-0.3, -0.25) is 4.79 Å². The number of nitrogens with zero attached hydrogens (tertiary/aromatic N) is 1. The minimum atomic E-state index is -0.907. The summed E-state index contributed by atoms with van der Waals surface area (Å²) >= 11 is 1.22.